The molecule has 1 aliphatic carbocycles. The molecule has 2 heterocycles. The first kappa shape index (κ1) is 23.9. The van der Waals surface area contributed by atoms with Crippen LogP contribution in [0.25, 0.3) is 0 Å². The predicted molar refractivity (Wildman–Crippen MR) is 115 cm³/mol. The van der Waals surface area contributed by atoms with E-state index < -0.39 is 51.8 Å². The molecule has 2 aromatic rings. The quantitative estimate of drug-likeness (QED) is 0.575. The minimum Gasteiger partial charge on any atom is -0.503 e. The molecular weight excluding hydrogens is 492 g/mol. The third-order valence-corrected chi connectivity index (χ3v) is 5.98. The van der Waals surface area contributed by atoms with E-state index in [0.717, 1.165) is 6.07 Å². The highest BCUT2D eigenvalue weighted by Crippen LogP contribution is 2.44. The molecule has 2 amide bonds. The van der Waals surface area contributed by atoms with Gasteiger partial charge in [0.25, 0.3) is 11.8 Å². The average molecular weight is 514 g/mol. The van der Waals surface area contributed by atoms with Crippen LogP contribution in [-0.4, -0.2) is 50.7 Å². The first-order chi connectivity index (χ1) is 14.7. The molecule has 11 heteroatoms. The molecule has 172 valence electrons. The van der Waals surface area contributed by atoms with Crippen molar-refractivity contribution in [2.75, 3.05) is 13.1 Å². The maximum Gasteiger partial charge on any atom is 0.274 e. The van der Waals surface area contributed by atoms with Crippen LogP contribution in [0.5, 0.6) is 5.75 Å². The van der Waals surface area contributed by atoms with Crippen molar-refractivity contribution in [1.82, 2.24) is 14.8 Å². The number of amides is 2. The van der Waals surface area contributed by atoms with Crippen molar-refractivity contribution < 1.29 is 28.6 Å². The van der Waals surface area contributed by atoms with Crippen LogP contribution in [0.3, 0.4) is 0 Å². The van der Waals surface area contributed by atoms with Gasteiger partial charge in [-0.3, -0.25) is 14.4 Å². The summed E-state index contributed by atoms with van der Waals surface area (Å²) in [6.07, 6.45) is 1.21. The molecular formula is C21H22BrF2N3O5. The highest BCUT2D eigenvalue weighted by molar-refractivity contribution is 8.93. The molecule has 1 aromatic heterocycles. The summed E-state index contributed by atoms with van der Waals surface area (Å²) in [5, 5.41) is 22.8. The Bertz CT molecular complexity index is 1150. The summed E-state index contributed by atoms with van der Waals surface area (Å²) >= 11 is 0. The van der Waals surface area contributed by atoms with Crippen molar-refractivity contribution in [3.63, 3.8) is 0 Å². The second-order valence-electron chi connectivity index (χ2n) is 7.96. The summed E-state index contributed by atoms with van der Waals surface area (Å²) in [7, 11) is 0. The highest BCUT2D eigenvalue weighted by Gasteiger charge is 2.52. The number of aromatic nitrogens is 1. The van der Waals surface area contributed by atoms with E-state index in [1.165, 1.54) is 21.7 Å². The Hall–Kier alpha value is -2.79. The lowest BCUT2D eigenvalue weighted by Crippen LogP contribution is -2.61. The standard InChI is InChI=1S/C21H21F2N3O5.BrH/c1-2-25-10-21(6-13(27)7-21)26-9-14(17(28)18(29)16(26)20(25)31)19(30)24-8-11-3-4-12(22)5-15(11)23;/h3-5,9,13,27,29H,2,6-8,10H2,1H3,(H,24,30);1H/t13-,21+;. The molecule has 0 atom stereocenters. The zero-order chi connectivity index (χ0) is 22.5. The fraction of sp³-hybridized carbons (Fsp3) is 0.381. The number of aliphatic hydroxyl groups is 1. The Morgan fingerprint density at radius 2 is 1.97 bits per heavy atom. The number of aromatic hydroxyl groups is 1. The number of aliphatic hydroxyl groups excluding tert-OH is 1. The van der Waals surface area contributed by atoms with E-state index in [2.05, 4.69) is 5.32 Å². The van der Waals surface area contributed by atoms with Crippen LogP contribution in [0.2, 0.25) is 0 Å². The number of halogens is 3. The third-order valence-electron chi connectivity index (χ3n) is 5.98. The van der Waals surface area contributed by atoms with Crippen molar-refractivity contribution in [3.05, 3.63) is 63.1 Å². The summed E-state index contributed by atoms with van der Waals surface area (Å²) in [6, 6.07) is 2.89. The maximum atomic E-state index is 13.8. The maximum absolute atomic E-state index is 13.8. The number of nitrogens with one attached hydrogen (secondary N) is 1. The van der Waals surface area contributed by atoms with Crippen LogP contribution in [0.4, 0.5) is 8.78 Å². The van der Waals surface area contributed by atoms with E-state index in [1.54, 1.807) is 6.92 Å². The Labute approximate surface area is 192 Å². The van der Waals surface area contributed by atoms with Crippen molar-refractivity contribution in [1.29, 1.82) is 0 Å². The minimum atomic E-state index is -1.02. The van der Waals surface area contributed by atoms with Crippen molar-refractivity contribution in [3.8, 4) is 5.75 Å². The van der Waals surface area contributed by atoms with Crippen molar-refractivity contribution in [2.24, 2.45) is 0 Å². The van der Waals surface area contributed by atoms with E-state index in [0.29, 0.717) is 25.5 Å². The molecule has 1 fully saturated rings. The number of fused-ring (bicyclic) bond motifs is 2. The lowest BCUT2D eigenvalue weighted by molar-refractivity contribution is -0.0481. The fourth-order valence-corrected chi connectivity index (χ4v) is 4.33. The van der Waals surface area contributed by atoms with Crippen LogP contribution in [0, 0.1) is 11.6 Å². The topological polar surface area (TPSA) is 112 Å². The van der Waals surface area contributed by atoms with E-state index in [4.69, 9.17) is 0 Å². The summed E-state index contributed by atoms with van der Waals surface area (Å²) in [5.74, 6) is -3.86. The molecule has 2 aliphatic rings. The van der Waals surface area contributed by atoms with Gasteiger partial charge in [0.05, 0.1) is 11.6 Å². The molecule has 1 aliphatic heterocycles. The van der Waals surface area contributed by atoms with E-state index in [-0.39, 0.29) is 41.3 Å². The van der Waals surface area contributed by atoms with E-state index in [9.17, 15) is 33.4 Å². The van der Waals surface area contributed by atoms with E-state index in [1.807, 2.05) is 0 Å². The molecule has 32 heavy (non-hydrogen) atoms. The predicted octanol–water partition coefficient (Wildman–Crippen LogP) is 1.67. The lowest BCUT2D eigenvalue weighted by atomic mass is 9.72. The van der Waals surface area contributed by atoms with Crippen LogP contribution in [-0.2, 0) is 12.1 Å². The van der Waals surface area contributed by atoms with Gasteiger partial charge < -0.3 is 25.0 Å². The second kappa shape index (κ2) is 8.62. The lowest BCUT2D eigenvalue weighted by Gasteiger charge is -2.53. The Kier molecular flexibility index (Phi) is 6.43. The van der Waals surface area contributed by atoms with Gasteiger partial charge in [-0.15, -0.1) is 17.0 Å². The number of benzene rings is 1. The SMILES string of the molecule is Br.CCN1C[C@]2(C[C@H](O)C2)n2cc(C(=O)NCc3ccc(F)cc3F)c(=O)c(O)c2C1=O. The number of likely N-dealkylation sites (N-methyl/N-ethyl adjacent to an activating group) is 1. The van der Waals surface area contributed by atoms with Crippen LogP contribution < -0.4 is 10.7 Å². The number of hydrogen-bond acceptors (Lipinski definition) is 5. The summed E-state index contributed by atoms with van der Waals surface area (Å²) in [4.78, 5) is 39.6. The molecule has 8 nitrogen and oxygen atoms in total. The van der Waals surface area contributed by atoms with Gasteiger partial charge in [-0.1, -0.05) is 6.07 Å². The van der Waals surface area contributed by atoms with Gasteiger partial charge in [-0.2, -0.15) is 0 Å². The monoisotopic (exact) mass is 513 g/mol. The molecule has 0 bridgehead atoms. The summed E-state index contributed by atoms with van der Waals surface area (Å²) in [5.41, 5.74) is -2.37. The number of hydrogen-bond donors (Lipinski definition) is 3. The number of nitrogens with zero attached hydrogens (tertiary/aromatic N) is 2. The molecule has 3 N–H and O–H groups in total. The molecule has 1 spiro atoms. The zero-order valence-electron chi connectivity index (χ0n) is 17.1. The molecule has 0 radical (unpaired) electrons. The fourth-order valence-electron chi connectivity index (χ4n) is 4.33. The minimum absolute atomic E-state index is 0. The number of rotatable bonds is 4. The summed E-state index contributed by atoms with van der Waals surface area (Å²) in [6.45, 7) is 2.09. The molecule has 0 saturated heterocycles. The molecule has 4 rings (SSSR count). The summed E-state index contributed by atoms with van der Waals surface area (Å²) < 4.78 is 28.3. The molecule has 1 aromatic carbocycles. The molecule has 1 saturated carbocycles. The van der Waals surface area contributed by atoms with Gasteiger partial charge >= 0.3 is 0 Å². The van der Waals surface area contributed by atoms with Gasteiger partial charge in [0.2, 0.25) is 5.43 Å². The Morgan fingerprint density at radius 3 is 2.56 bits per heavy atom. The van der Waals surface area contributed by atoms with E-state index >= 15 is 0 Å². The smallest absolute Gasteiger partial charge is 0.274 e. The van der Waals surface area contributed by atoms with Crippen molar-refractivity contribution >= 4 is 28.8 Å². The third kappa shape index (κ3) is 3.79. The largest absolute Gasteiger partial charge is 0.503 e. The molecule has 0 unspecified atom stereocenters. The van der Waals surface area contributed by atoms with Crippen molar-refractivity contribution in [2.45, 2.75) is 38.0 Å². The Morgan fingerprint density at radius 1 is 1.28 bits per heavy atom. The average Bonchev–Trinajstić information content (AvgIpc) is 2.70. The first-order valence-electron chi connectivity index (χ1n) is 9.85. The van der Waals surface area contributed by atoms with Crippen LogP contribution in [0.1, 0.15) is 46.2 Å². The van der Waals surface area contributed by atoms with Gasteiger partial charge in [0, 0.05) is 37.5 Å². The Balaban J connectivity index is 0.00000289. The van der Waals surface area contributed by atoms with Gasteiger partial charge in [-0.05, 0) is 25.8 Å². The number of carbonyl (C=O) groups excluding carboxylic acids is 2. The second-order valence-corrected chi connectivity index (χ2v) is 7.96. The van der Waals surface area contributed by atoms with Gasteiger partial charge in [0.1, 0.15) is 17.2 Å². The van der Waals surface area contributed by atoms with Crippen LogP contribution in [0.15, 0.2) is 29.2 Å². The highest BCUT2D eigenvalue weighted by atomic mass is 79.9. The zero-order valence-corrected chi connectivity index (χ0v) is 18.8. The van der Waals surface area contributed by atoms with Gasteiger partial charge in [-0.25, -0.2) is 8.78 Å². The number of pyridine rings is 1. The number of carbonyl (C=O) groups is 2. The normalized spacial score (nSPS) is 21.6. The first-order valence-corrected chi connectivity index (χ1v) is 9.85. The van der Waals surface area contributed by atoms with Crippen LogP contribution >= 0.6 is 17.0 Å². The van der Waals surface area contributed by atoms with Gasteiger partial charge in [0.15, 0.2) is 11.4 Å².